The lowest BCUT2D eigenvalue weighted by atomic mass is 9.97. The van der Waals surface area contributed by atoms with E-state index in [2.05, 4.69) is 10.3 Å². The molecule has 1 aromatic heterocycles. The number of hydrogen-bond acceptors (Lipinski definition) is 4. The van der Waals surface area contributed by atoms with Gasteiger partial charge in [-0.15, -0.1) is 0 Å². The van der Waals surface area contributed by atoms with Gasteiger partial charge in [-0.25, -0.2) is 0 Å². The summed E-state index contributed by atoms with van der Waals surface area (Å²) in [5.74, 6) is 0.175. The molecule has 0 spiro atoms. The van der Waals surface area contributed by atoms with Crippen LogP contribution in [0, 0.1) is 5.92 Å². The van der Waals surface area contributed by atoms with E-state index in [-0.39, 0.29) is 24.8 Å². The quantitative estimate of drug-likeness (QED) is 0.862. The lowest BCUT2D eigenvalue weighted by Gasteiger charge is -2.31. The van der Waals surface area contributed by atoms with Crippen molar-refractivity contribution in [1.82, 2.24) is 9.88 Å². The molecule has 2 aromatic rings. The topological polar surface area (TPSA) is 82.5 Å². The average Bonchev–Trinajstić information content (AvgIpc) is 2.69. The maximum Gasteiger partial charge on any atom is 0.253 e. The maximum atomic E-state index is 12.5. The number of aromatic nitrogens is 1. The first-order valence-corrected chi connectivity index (χ1v) is 8.84. The normalized spacial score (nSPS) is 14.9. The lowest BCUT2D eigenvalue weighted by molar-refractivity contribution is -0.115. The van der Waals surface area contributed by atoms with E-state index in [9.17, 15) is 14.7 Å². The zero-order chi connectivity index (χ0) is 18.4. The first-order chi connectivity index (χ1) is 12.7. The molecule has 1 aromatic carbocycles. The highest BCUT2D eigenvalue weighted by Crippen LogP contribution is 2.19. The summed E-state index contributed by atoms with van der Waals surface area (Å²) in [4.78, 5) is 30.4. The number of aliphatic hydroxyl groups is 1. The number of nitrogens with zero attached hydrogens (tertiary/aromatic N) is 2. The molecular formula is C20H23N3O3. The third-order valence-corrected chi connectivity index (χ3v) is 4.66. The largest absolute Gasteiger partial charge is 0.396 e. The van der Waals surface area contributed by atoms with Gasteiger partial charge in [-0.3, -0.25) is 14.6 Å². The summed E-state index contributed by atoms with van der Waals surface area (Å²) in [6.45, 7) is 1.54. The van der Waals surface area contributed by atoms with E-state index < -0.39 is 0 Å². The Balaban J connectivity index is 1.54. The summed E-state index contributed by atoms with van der Waals surface area (Å²) >= 11 is 0. The van der Waals surface area contributed by atoms with E-state index in [0.29, 0.717) is 30.3 Å². The van der Waals surface area contributed by atoms with Crippen LogP contribution >= 0.6 is 0 Å². The van der Waals surface area contributed by atoms with Crippen LogP contribution in [0.2, 0.25) is 0 Å². The predicted molar refractivity (Wildman–Crippen MR) is 98.7 cm³/mol. The average molecular weight is 353 g/mol. The Morgan fingerprint density at radius 1 is 1.15 bits per heavy atom. The van der Waals surface area contributed by atoms with E-state index in [1.165, 1.54) is 0 Å². The van der Waals surface area contributed by atoms with Crippen molar-refractivity contribution < 1.29 is 14.7 Å². The summed E-state index contributed by atoms with van der Waals surface area (Å²) < 4.78 is 0. The van der Waals surface area contributed by atoms with Gasteiger partial charge in [0.2, 0.25) is 5.91 Å². The Bertz CT molecular complexity index is 739. The number of amides is 2. The van der Waals surface area contributed by atoms with Gasteiger partial charge in [-0.05, 0) is 54.7 Å². The smallest absolute Gasteiger partial charge is 0.253 e. The third-order valence-electron chi connectivity index (χ3n) is 4.66. The van der Waals surface area contributed by atoms with E-state index >= 15 is 0 Å². The molecular weight excluding hydrogens is 330 g/mol. The van der Waals surface area contributed by atoms with Crippen LogP contribution in [0.1, 0.15) is 28.8 Å². The fourth-order valence-electron chi connectivity index (χ4n) is 3.09. The predicted octanol–water partition coefficient (Wildman–Crippen LogP) is 2.11. The number of carbonyl (C=O) groups is 2. The van der Waals surface area contributed by atoms with Crippen molar-refractivity contribution in [2.24, 2.45) is 5.92 Å². The van der Waals surface area contributed by atoms with Crippen molar-refractivity contribution >= 4 is 17.5 Å². The third kappa shape index (κ3) is 4.67. The molecule has 0 radical (unpaired) electrons. The monoisotopic (exact) mass is 353 g/mol. The van der Waals surface area contributed by atoms with Crippen LogP contribution in [0.3, 0.4) is 0 Å². The molecule has 136 valence electrons. The SMILES string of the molecule is O=C(Cc1cccnc1)Nc1ccc(C(=O)N2CCC(CO)CC2)cc1. The summed E-state index contributed by atoms with van der Waals surface area (Å²) in [6, 6.07) is 10.6. The number of nitrogens with one attached hydrogen (secondary N) is 1. The van der Waals surface area contributed by atoms with Crippen molar-refractivity contribution in [3.05, 3.63) is 59.9 Å². The summed E-state index contributed by atoms with van der Waals surface area (Å²) in [7, 11) is 0. The van der Waals surface area contributed by atoms with E-state index in [1.54, 1.807) is 42.7 Å². The fraction of sp³-hybridized carbons (Fsp3) is 0.350. The van der Waals surface area contributed by atoms with Gasteiger partial charge in [0.15, 0.2) is 0 Å². The first kappa shape index (κ1) is 18.1. The molecule has 1 aliphatic rings. The highest BCUT2D eigenvalue weighted by molar-refractivity contribution is 5.96. The Hall–Kier alpha value is -2.73. The van der Waals surface area contributed by atoms with Crippen LogP contribution in [0.4, 0.5) is 5.69 Å². The molecule has 2 heterocycles. The molecule has 2 amide bonds. The molecule has 0 aliphatic carbocycles. The molecule has 3 rings (SSSR count). The molecule has 0 atom stereocenters. The van der Waals surface area contributed by atoms with Gasteiger partial charge in [0.05, 0.1) is 6.42 Å². The van der Waals surface area contributed by atoms with Gasteiger partial charge in [-0.2, -0.15) is 0 Å². The number of benzene rings is 1. The fourth-order valence-corrected chi connectivity index (χ4v) is 3.09. The van der Waals surface area contributed by atoms with Crippen molar-refractivity contribution in [1.29, 1.82) is 0 Å². The second-order valence-corrected chi connectivity index (χ2v) is 6.58. The number of hydrogen-bond donors (Lipinski definition) is 2. The van der Waals surface area contributed by atoms with Crippen molar-refractivity contribution in [3.8, 4) is 0 Å². The van der Waals surface area contributed by atoms with Crippen LogP contribution in [-0.2, 0) is 11.2 Å². The number of rotatable bonds is 5. The molecule has 0 unspecified atom stereocenters. The standard InChI is InChI=1S/C20H23N3O3/c24-14-15-7-10-23(11-8-15)20(26)17-3-5-18(6-4-17)22-19(25)12-16-2-1-9-21-13-16/h1-6,9,13,15,24H,7-8,10-12,14H2,(H,22,25). The van der Waals surface area contributed by atoms with Crippen LogP contribution in [0.5, 0.6) is 0 Å². The Morgan fingerprint density at radius 3 is 2.50 bits per heavy atom. The first-order valence-electron chi connectivity index (χ1n) is 8.84. The van der Waals surface area contributed by atoms with Crippen molar-refractivity contribution in [3.63, 3.8) is 0 Å². The van der Waals surface area contributed by atoms with Crippen LogP contribution in [-0.4, -0.2) is 46.5 Å². The molecule has 6 heteroatoms. The number of likely N-dealkylation sites (tertiary alicyclic amines) is 1. The minimum atomic E-state index is -0.122. The van der Waals surface area contributed by atoms with Gasteiger partial charge in [0.25, 0.3) is 5.91 Å². The summed E-state index contributed by atoms with van der Waals surface area (Å²) in [5, 5.41) is 12.0. The highest BCUT2D eigenvalue weighted by atomic mass is 16.3. The molecule has 2 N–H and O–H groups in total. The Morgan fingerprint density at radius 2 is 1.88 bits per heavy atom. The van der Waals surface area contributed by atoms with E-state index in [4.69, 9.17) is 0 Å². The van der Waals surface area contributed by atoms with Gasteiger partial charge in [-0.1, -0.05) is 6.07 Å². The summed E-state index contributed by atoms with van der Waals surface area (Å²) in [6.07, 6.45) is 5.27. The molecule has 1 fully saturated rings. The number of piperidine rings is 1. The zero-order valence-electron chi connectivity index (χ0n) is 14.6. The van der Waals surface area contributed by atoms with E-state index in [1.807, 2.05) is 11.0 Å². The van der Waals surface area contributed by atoms with Gasteiger partial charge < -0.3 is 15.3 Å². The minimum Gasteiger partial charge on any atom is -0.396 e. The molecule has 0 bridgehead atoms. The van der Waals surface area contributed by atoms with Crippen molar-refractivity contribution in [2.75, 3.05) is 25.0 Å². The van der Waals surface area contributed by atoms with E-state index in [0.717, 1.165) is 18.4 Å². The summed E-state index contributed by atoms with van der Waals surface area (Å²) in [5.41, 5.74) is 2.12. The lowest BCUT2D eigenvalue weighted by Crippen LogP contribution is -2.39. The van der Waals surface area contributed by atoms with Crippen LogP contribution < -0.4 is 5.32 Å². The highest BCUT2D eigenvalue weighted by Gasteiger charge is 2.23. The molecule has 1 aliphatic heterocycles. The minimum absolute atomic E-state index is 0.00498. The molecule has 26 heavy (non-hydrogen) atoms. The molecule has 6 nitrogen and oxygen atoms in total. The number of anilines is 1. The number of aliphatic hydroxyl groups excluding tert-OH is 1. The molecule has 1 saturated heterocycles. The second kappa shape index (κ2) is 8.58. The number of pyridine rings is 1. The number of carbonyl (C=O) groups excluding carboxylic acids is 2. The van der Waals surface area contributed by atoms with Crippen LogP contribution in [0.15, 0.2) is 48.8 Å². The van der Waals surface area contributed by atoms with Crippen LogP contribution in [0.25, 0.3) is 0 Å². The molecule has 0 saturated carbocycles. The second-order valence-electron chi connectivity index (χ2n) is 6.58. The van der Waals surface area contributed by atoms with Gasteiger partial charge in [0.1, 0.15) is 0 Å². The Labute approximate surface area is 152 Å². The van der Waals surface area contributed by atoms with Crippen molar-refractivity contribution in [2.45, 2.75) is 19.3 Å². The van der Waals surface area contributed by atoms with Gasteiger partial charge in [0, 0.05) is 43.3 Å². The maximum absolute atomic E-state index is 12.5. The Kier molecular flexibility index (Phi) is 5.96. The zero-order valence-corrected chi connectivity index (χ0v) is 14.6. The van der Waals surface area contributed by atoms with Gasteiger partial charge >= 0.3 is 0 Å².